The average Bonchev–Trinajstić information content (AvgIpc) is 3.32. The largest absolute Gasteiger partial charge is 0.493 e. The fraction of sp³-hybridized carbons (Fsp3) is 0.478. The van der Waals surface area contributed by atoms with Crippen LogP contribution in [0.2, 0.25) is 0 Å². The first-order chi connectivity index (χ1) is 13.6. The Morgan fingerprint density at radius 1 is 0.964 bits per heavy atom. The van der Waals surface area contributed by atoms with E-state index in [4.69, 9.17) is 14.2 Å². The van der Waals surface area contributed by atoms with E-state index in [1.807, 2.05) is 12.1 Å². The number of methoxy groups -OCH3 is 3. The molecule has 0 spiro atoms. The summed E-state index contributed by atoms with van der Waals surface area (Å²) >= 11 is 0. The minimum absolute atomic E-state index is 0.181. The Morgan fingerprint density at radius 3 is 2.25 bits per heavy atom. The van der Waals surface area contributed by atoms with Crippen LogP contribution in [0.3, 0.4) is 0 Å². The van der Waals surface area contributed by atoms with E-state index in [9.17, 15) is 4.39 Å². The van der Waals surface area contributed by atoms with Gasteiger partial charge in [-0.05, 0) is 54.2 Å². The van der Waals surface area contributed by atoms with Gasteiger partial charge in [-0.3, -0.25) is 4.90 Å². The van der Waals surface area contributed by atoms with Gasteiger partial charge in [0.25, 0.3) is 0 Å². The molecule has 28 heavy (non-hydrogen) atoms. The molecule has 1 aliphatic carbocycles. The topological polar surface area (TPSA) is 30.9 Å². The second kappa shape index (κ2) is 8.00. The maximum absolute atomic E-state index is 13.3. The molecule has 150 valence electrons. The van der Waals surface area contributed by atoms with Gasteiger partial charge in [-0.15, -0.1) is 0 Å². The Balaban J connectivity index is 1.62. The second-order valence-electron chi connectivity index (χ2n) is 7.78. The molecule has 1 saturated carbocycles. The Kier molecular flexibility index (Phi) is 5.44. The van der Waals surface area contributed by atoms with Crippen LogP contribution in [0, 0.1) is 11.7 Å². The normalized spacial score (nSPS) is 24.2. The van der Waals surface area contributed by atoms with E-state index in [-0.39, 0.29) is 5.82 Å². The molecule has 3 atom stereocenters. The van der Waals surface area contributed by atoms with Crippen LogP contribution in [-0.4, -0.2) is 38.8 Å². The van der Waals surface area contributed by atoms with Crippen LogP contribution in [0.5, 0.6) is 17.2 Å². The molecule has 4 nitrogen and oxygen atoms in total. The SMILES string of the molecule is COc1cc([C@@H]2CN(Cc3ccc(F)cc3)[C@H]3CCC[C@@H]23)cc(OC)c1OC. The molecule has 0 radical (unpaired) electrons. The maximum atomic E-state index is 13.3. The summed E-state index contributed by atoms with van der Waals surface area (Å²) in [6, 6.07) is 11.7. The highest BCUT2D eigenvalue weighted by Crippen LogP contribution is 2.49. The van der Waals surface area contributed by atoms with Gasteiger partial charge in [0.15, 0.2) is 11.5 Å². The highest BCUT2D eigenvalue weighted by molar-refractivity contribution is 5.55. The molecule has 1 saturated heterocycles. The van der Waals surface area contributed by atoms with Gasteiger partial charge in [0.2, 0.25) is 5.75 Å². The number of likely N-dealkylation sites (tertiary alicyclic amines) is 1. The second-order valence-corrected chi connectivity index (χ2v) is 7.78. The van der Waals surface area contributed by atoms with Gasteiger partial charge in [0.05, 0.1) is 21.3 Å². The number of benzene rings is 2. The van der Waals surface area contributed by atoms with Crippen molar-refractivity contribution in [2.24, 2.45) is 5.92 Å². The lowest BCUT2D eigenvalue weighted by Gasteiger charge is -2.23. The molecule has 1 heterocycles. The lowest BCUT2D eigenvalue weighted by molar-refractivity contribution is 0.232. The van der Waals surface area contributed by atoms with Crippen LogP contribution in [0.1, 0.15) is 36.3 Å². The summed E-state index contributed by atoms with van der Waals surface area (Å²) in [6.07, 6.45) is 3.73. The highest BCUT2D eigenvalue weighted by atomic mass is 19.1. The van der Waals surface area contributed by atoms with E-state index >= 15 is 0 Å². The molecule has 0 N–H and O–H groups in total. The molecule has 1 aliphatic heterocycles. The van der Waals surface area contributed by atoms with E-state index in [2.05, 4.69) is 17.0 Å². The van der Waals surface area contributed by atoms with E-state index in [1.165, 1.54) is 24.8 Å². The van der Waals surface area contributed by atoms with Crippen LogP contribution in [0.4, 0.5) is 4.39 Å². The van der Waals surface area contributed by atoms with Crippen molar-refractivity contribution in [1.82, 2.24) is 4.90 Å². The van der Waals surface area contributed by atoms with Gasteiger partial charge in [0, 0.05) is 25.0 Å². The summed E-state index contributed by atoms with van der Waals surface area (Å²) in [5, 5.41) is 0. The molecule has 2 aromatic carbocycles. The van der Waals surface area contributed by atoms with Crippen LogP contribution < -0.4 is 14.2 Å². The van der Waals surface area contributed by atoms with Crippen LogP contribution in [0.25, 0.3) is 0 Å². The molecule has 2 aromatic rings. The van der Waals surface area contributed by atoms with E-state index in [0.717, 1.165) is 18.7 Å². The number of nitrogens with zero attached hydrogens (tertiary/aromatic N) is 1. The summed E-state index contributed by atoms with van der Waals surface area (Å²) in [5.74, 6) is 2.94. The summed E-state index contributed by atoms with van der Waals surface area (Å²) < 4.78 is 29.9. The van der Waals surface area contributed by atoms with Gasteiger partial charge in [-0.2, -0.15) is 0 Å². The zero-order valence-electron chi connectivity index (χ0n) is 16.8. The van der Waals surface area contributed by atoms with Crippen molar-refractivity contribution in [3.8, 4) is 17.2 Å². The molecular formula is C23H28FNO3. The van der Waals surface area contributed by atoms with Gasteiger partial charge in [-0.25, -0.2) is 4.39 Å². The molecule has 0 amide bonds. The van der Waals surface area contributed by atoms with Gasteiger partial charge < -0.3 is 14.2 Å². The average molecular weight is 385 g/mol. The first-order valence-electron chi connectivity index (χ1n) is 9.93. The number of hydrogen-bond donors (Lipinski definition) is 0. The Morgan fingerprint density at radius 2 is 1.64 bits per heavy atom. The minimum Gasteiger partial charge on any atom is -0.493 e. The predicted molar refractivity (Wildman–Crippen MR) is 107 cm³/mol. The van der Waals surface area contributed by atoms with Crippen molar-refractivity contribution in [2.75, 3.05) is 27.9 Å². The summed E-state index contributed by atoms with van der Waals surface area (Å²) in [4.78, 5) is 2.57. The van der Waals surface area contributed by atoms with Gasteiger partial charge >= 0.3 is 0 Å². The highest BCUT2D eigenvalue weighted by Gasteiger charge is 2.45. The number of fused-ring (bicyclic) bond motifs is 1. The van der Waals surface area contributed by atoms with Crippen molar-refractivity contribution >= 4 is 0 Å². The van der Waals surface area contributed by atoms with Crippen molar-refractivity contribution < 1.29 is 18.6 Å². The Labute approximate surface area is 166 Å². The predicted octanol–water partition coefficient (Wildman–Crippen LogP) is 4.62. The quantitative estimate of drug-likeness (QED) is 0.726. The van der Waals surface area contributed by atoms with Crippen LogP contribution in [0.15, 0.2) is 36.4 Å². The lowest BCUT2D eigenvalue weighted by atomic mass is 9.86. The molecule has 5 heteroatoms. The van der Waals surface area contributed by atoms with Crippen molar-refractivity contribution in [3.63, 3.8) is 0 Å². The number of rotatable bonds is 6. The molecule has 2 fully saturated rings. The third-order valence-corrected chi connectivity index (χ3v) is 6.36. The molecule has 4 rings (SSSR count). The monoisotopic (exact) mass is 385 g/mol. The molecular weight excluding hydrogens is 357 g/mol. The van der Waals surface area contributed by atoms with Crippen molar-refractivity contribution in [2.45, 2.75) is 37.8 Å². The van der Waals surface area contributed by atoms with Crippen LogP contribution in [-0.2, 0) is 6.54 Å². The minimum atomic E-state index is -0.181. The smallest absolute Gasteiger partial charge is 0.203 e. The molecule has 2 aliphatic rings. The fourth-order valence-corrected chi connectivity index (χ4v) is 5.09. The fourth-order valence-electron chi connectivity index (χ4n) is 5.09. The van der Waals surface area contributed by atoms with Crippen LogP contribution >= 0.6 is 0 Å². The number of halogens is 1. The molecule has 0 aromatic heterocycles. The summed E-state index contributed by atoms with van der Waals surface area (Å²) in [5.41, 5.74) is 2.41. The Bertz CT molecular complexity index is 798. The standard InChI is InChI=1S/C23H28FNO3/c1-26-21-11-16(12-22(27-2)23(21)28-3)19-14-25(20-6-4-5-18(19)20)13-15-7-9-17(24)10-8-15/h7-12,18-20H,4-6,13-14H2,1-3H3/t18-,19-,20-/m0/s1. The van der Waals surface area contributed by atoms with E-state index in [1.54, 1.807) is 33.5 Å². The van der Waals surface area contributed by atoms with Crippen molar-refractivity contribution in [3.05, 3.63) is 53.3 Å². The first kappa shape index (κ1) is 19.1. The first-order valence-corrected chi connectivity index (χ1v) is 9.93. The van der Waals surface area contributed by atoms with E-state index < -0.39 is 0 Å². The third-order valence-electron chi connectivity index (χ3n) is 6.36. The number of hydrogen-bond acceptors (Lipinski definition) is 4. The van der Waals surface area contributed by atoms with E-state index in [0.29, 0.717) is 35.1 Å². The zero-order valence-corrected chi connectivity index (χ0v) is 16.8. The van der Waals surface area contributed by atoms with Gasteiger partial charge in [-0.1, -0.05) is 18.6 Å². The summed E-state index contributed by atoms with van der Waals surface area (Å²) in [6.45, 7) is 1.85. The molecule has 0 unspecified atom stereocenters. The third kappa shape index (κ3) is 3.44. The number of ether oxygens (including phenoxy) is 3. The summed E-state index contributed by atoms with van der Waals surface area (Å²) in [7, 11) is 4.96. The molecule has 0 bridgehead atoms. The Hall–Kier alpha value is -2.27. The zero-order chi connectivity index (χ0) is 19.7. The van der Waals surface area contributed by atoms with Gasteiger partial charge in [0.1, 0.15) is 5.82 Å². The maximum Gasteiger partial charge on any atom is 0.203 e. The lowest BCUT2D eigenvalue weighted by Crippen LogP contribution is -2.29. The van der Waals surface area contributed by atoms with Crippen molar-refractivity contribution in [1.29, 1.82) is 0 Å².